The Morgan fingerprint density at radius 1 is 1.21 bits per heavy atom. The van der Waals surface area contributed by atoms with E-state index in [2.05, 4.69) is 5.32 Å². The van der Waals surface area contributed by atoms with E-state index in [9.17, 15) is 19.7 Å². The van der Waals surface area contributed by atoms with Crippen LogP contribution >= 0.6 is 11.6 Å². The van der Waals surface area contributed by atoms with Gasteiger partial charge in [0.25, 0.3) is 11.6 Å². The van der Waals surface area contributed by atoms with E-state index in [-0.39, 0.29) is 10.6 Å². The number of nitrogens with zero attached hydrogens (tertiary/aromatic N) is 1. The number of amides is 1. The van der Waals surface area contributed by atoms with Gasteiger partial charge in [0.2, 0.25) is 0 Å². The van der Waals surface area contributed by atoms with Gasteiger partial charge in [0.15, 0.2) is 6.10 Å². The van der Waals surface area contributed by atoms with E-state index in [1.807, 2.05) is 0 Å². The topological polar surface area (TPSA) is 98.5 Å². The fourth-order valence-corrected chi connectivity index (χ4v) is 2.01. The summed E-state index contributed by atoms with van der Waals surface area (Å²) in [4.78, 5) is 34.2. The second-order valence-corrected chi connectivity index (χ2v) is 5.23. The first-order chi connectivity index (χ1) is 11.4. The van der Waals surface area contributed by atoms with Gasteiger partial charge in [0.05, 0.1) is 10.5 Å². The fraction of sp³-hybridized carbons (Fsp3) is 0.125. The second-order valence-electron chi connectivity index (χ2n) is 4.83. The Morgan fingerprint density at radius 2 is 1.88 bits per heavy atom. The van der Waals surface area contributed by atoms with Gasteiger partial charge in [-0.05, 0) is 31.2 Å². The molecule has 24 heavy (non-hydrogen) atoms. The SMILES string of the molecule is CC(OC(=O)c1ccc(Cl)c([N+](=O)[O-])c1)C(=O)Nc1ccccc1. The third-order valence-corrected chi connectivity index (χ3v) is 3.39. The van der Waals surface area contributed by atoms with Crippen molar-refractivity contribution in [2.45, 2.75) is 13.0 Å². The van der Waals surface area contributed by atoms with E-state index in [0.717, 1.165) is 6.07 Å². The van der Waals surface area contributed by atoms with Gasteiger partial charge in [-0.1, -0.05) is 29.8 Å². The van der Waals surface area contributed by atoms with Crippen LogP contribution in [-0.4, -0.2) is 22.9 Å². The smallest absolute Gasteiger partial charge is 0.339 e. The van der Waals surface area contributed by atoms with Crippen molar-refractivity contribution in [3.63, 3.8) is 0 Å². The Bertz CT molecular complexity index is 779. The third kappa shape index (κ3) is 4.30. The van der Waals surface area contributed by atoms with Crippen LogP contribution in [-0.2, 0) is 9.53 Å². The molecule has 2 aromatic carbocycles. The standard InChI is InChI=1S/C16H13ClN2O5/c1-10(15(20)18-12-5-3-2-4-6-12)24-16(21)11-7-8-13(17)14(9-11)19(22)23/h2-10H,1H3,(H,18,20). The molecule has 2 rings (SSSR count). The summed E-state index contributed by atoms with van der Waals surface area (Å²) in [5, 5.41) is 13.3. The molecule has 0 aliphatic heterocycles. The first-order valence-electron chi connectivity index (χ1n) is 6.89. The van der Waals surface area contributed by atoms with Crippen LogP contribution in [0.5, 0.6) is 0 Å². The molecule has 0 radical (unpaired) electrons. The molecule has 1 amide bonds. The summed E-state index contributed by atoms with van der Waals surface area (Å²) in [6.07, 6.45) is -1.08. The monoisotopic (exact) mass is 348 g/mol. The molecule has 0 spiro atoms. The zero-order valence-corrected chi connectivity index (χ0v) is 13.3. The van der Waals surface area contributed by atoms with Gasteiger partial charge < -0.3 is 10.1 Å². The molecule has 0 aromatic heterocycles. The van der Waals surface area contributed by atoms with E-state index in [0.29, 0.717) is 5.69 Å². The highest BCUT2D eigenvalue weighted by molar-refractivity contribution is 6.32. The maximum atomic E-state index is 12.0. The molecular weight excluding hydrogens is 336 g/mol. The Hall–Kier alpha value is -2.93. The molecular formula is C16H13ClN2O5. The van der Waals surface area contributed by atoms with Crippen LogP contribution in [0.25, 0.3) is 0 Å². The molecule has 7 nitrogen and oxygen atoms in total. The quantitative estimate of drug-likeness (QED) is 0.507. The summed E-state index contributed by atoms with van der Waals surface area (Å²) in [5.41, 5.74) is 0.0884. The molecule has 0 heterocycles. The van der Waals surface area contributed by atoms with Crippen molar-refractivity contribution in [1.82, 2.24) is 0 Å². The average molecular weight is 349 g/mol. The van der Waals surface area contributed by atoms with Crippen LogP contribution in [0.3, 0.4) is 0 Å². The second kappa shape index (κ2) is 7.56. The maximum absolute atomic E-state index is 12.0. The molecule has 0 aliphatic rings. The van der Waals surface area contributed by atoms with Crippen LogP contribution in [0.2, 0.25) is 5.02 Å². The zero-order valence-electron chi connectivity index (χ0n) is 12.6. The Balaban J connectivity index is 2.04. The lowest BCUT2D eigenvalue weighted by atomic mass is 10.2. The molecule has 8 heteroatoms. The van der Waals surface area contributed by atoms with E-state index in [1.54, 1.807) is 30.3 Å². The summed E-state index contributed by atoms with van der Waals surface area (Å²) in [7, 11) is 0. The number of hydrogen-bond acceptors (Lipinski definition) is 5. The number of para-hydroxylation sites is 1. The number of rotatable bonds is 5. The molecule has 124 valence electrons. The van der Waals surface area contributed by atoms with Gasteiger partial charge in [-0.15, -0.1) is 0 Å². The molecule has 0 aliphatic carbocycles. The van der Waals surface area contributed by atoms with Crippen molar-refractivity contribution >= 4 is 34.9 Å². The lowest BCUT2D eigenvalue weighted by Gasteiger charge is -2.13. The van der Waals surface area contributed by atoms with Crippen molar-refractivity contribution < 1.29 is 19.2 Å². The first kappa shape index (κ1) is 17.4. The van der Waals surface area contributed by atoms with Crippen molar-refractivity contribution in [3.8, 4) is 0 Å². The van der Waals surface area contributed by atoms with Gasteiger partial charge in [0, 0.05) is 11.8 Å². The molecule has 0 fully saturated rings. The highest BCUT2D eigenvalue weighted by Crippen LogP contribution is 2.25. The summed E-state index contributed by atoms with van der Waals surface area (Å²) in [6, 6.07) is 12.2. The highest BCUT2D eigenvalue weighted by Gasteiger charge is 2.22. The van der Waals surface area contributed by atoms with Gasteiger partial charge >= 0.3 is 5.97 Å². The van der Waals surface area contributed by atoms with Crippen LogP contribution < -0.4 is 5.32 Å². The minimum Gasteiger partial charge on any atom is -0.449 e. The first-order valence-corrected chi connectivity index (χ1v) is 7.27. The van der Waals surface area contributed by atoms with E-state index in [4.69, 9.17) is 16.3 Å². The molecule has 0 saturated carbocycles. The zero-order chi connectivity index (χ0) is 17.7. The van der Waals surface area contributed by atoms with Crippen LogP contribution in [0, 0.1) is 10.1 Å². The summed E-state index contributed by atoms with van der Waals surface area (Å²) in [5.74, 6) is -1.37. The molecule has 1 atom stereocenters. The van der Waals surface area contributed by atoms with Gasteiger partial charge in [-0.25, -0.2) is 4.79 Å². The number of hydrogen-bond donors (Lipinski definition) is 1. The highest BCUT2D eigenvalue weighted by atomic mass is 35.5. The van der Waals surface area contributed by atoms with Crippen LogP contribution in [0.15, 0.2) is 48.5 Å². The summed E-state index contributed by atoms with van der Waals surface area (Å²) in [6.45, 7) is 1.40. The van der Waals surface area contributed by atoms with Crippen molar-refractivity contribution in [2.24, 2.45) is 0 Å². The van der Waals surface area contributed by atoms with E-state index < -0.39 is 28.6 Å². The number of nitrogens with one attached hydrogen (secondary N) is 1. The fourth-order valence-electron chi connectivity index (χ4n) is 1.83. The lowest BCUT2D eigenvalue weighted by molar-refractivity contribution is -0.384. The number of benzene rings is 2. The number of nitro benzene ring substituents is 1. The van der Waals surface area contributed by atoms with Gasteiger partial charge in [-0.3, -0.25) is 14.9 Å². The number of carbonyl (C=O) groups is 2. The minimum absolute atomic E-state index is 0.0644. The summed E-state index contributed by atoms with van der Waals surface area (Å²) < 4.78 is 5.03. The Labute approximate surface area is 142 Å². The van der Waals surface area contributed by atoms with Gasteiger partial charge in [0.1, 0.15) is 5.02 Å². The molecule has 2 aromatic rings. The van der Waals surface area contributed by atoms with Crippen molar-refractivity contribution in [2.75, 3.05) is 5.32 Å². The maximum Gasteiger partial charge on any atom is 0.339 e. The number of esters is 1. The number of carbonyl (C=O) groups excluding carboxylic acids is 2. The Kier molecular flexibility index (Phi) is 5.49. The van der Waals surface area contributed by atoms with Crippen LogP contribution in [0.1, 0.15) is 17.3 Å². The predicted molar refractivity (Wildman–Crippen MR) is 88.1 cm³/mol. The molecule has 0 bridgehead atoms. The summed E-state index contributed by atoms with van der Waals surface area (Å²) >= 11 is 5.68. The van der Waals surface area contributed by atoms with Crippen molar-refractivity contribution in [3.05, 3.63) is 69.2 Å². The van der Waals surface area contributed by atoms with E-state index in [1.165, 1.54) is 19.1 Å². The van der Waals surface area contributed by atoms with Crippen LogP contribution in [0.4, 0.5) is 11.4 Å². The molecule has 1 N–H and O–H groups in total. The number of nitro groups is 1. The van der Waals surface area contributed by atoms with Gasteiger partial charge in [-0.2, -0.15) is 0 Å². The third-order valence-electron chi connectivity index (χ3n) is 3.07. The van der Waals surface area contributed by atoms with Crippen molar-refractivity contribution in [1.29, 1.82) is 0 Å². The van der Waals surface area contributed by atoms with E-state index >= 15 is 0 Å². The number of halogens is 1. The average Bonchev–Trinajstić information content (AvgIpc) is 2.55. The lowest BCUT2D eigenvalue weighted by Crippen LogP contribution is -2.30. The predicted octanol–water partition coefficient (Wildman–Crippen LogP) is 3.43. The Morgan fingerprint density at radius 3 is 2.50 bits per heavy atom. The molecule has 1 unspecified atom stereocenters. The largest absolute Gasteiger partial charge is 0.449 e. The normalized spacial score (nSPS) is 11.4. The molecule has 0 saturated heterocycles. The number of anilines is 1. The number of ether oxygens (including phenoxy) is 1. The minimum atomic E-state index is -1.08.